The second-order valence-corrected chi connectivity index (χ2v) is 13.0. The summed E-state index contributed by atoms with van der Waals surface area (Å²) in [6.07, 6.45) is 1.77. The highest BCUT2D eigenvalue weighted by Gasteiger charge is 2.35. The van der Waals surface area contributed by atoms with E-state index >= 15 is 0 Å². The van der Waals surface area contributed by atoms with Crippen molar-refractivity contribution in [1.82, 2.24) is 20.9 Å². The van der Waals surface area contributed by atoms with Crippen molar-refractivity contribution in [3.63, 3.8) is 0 Å². The molecule has 0 spiro atoms. The van der Waals surface area contributed by atoms with Crippen LogP contribution in [0.3, 0.4) is 0 Å². The summed E-state index contributed by atoms with van der Waals surface area (Å²) >= 11 is 0. The number of hydrogen-bond donors (Lipinski definition) is 5. The van der Waals surface area contributed by atoms with Gasteiger partial charge in [0.05, 0.1) is 12.1 Å². The van der Waals surface area contributed by atoms with Crippen LogP contribution in [0.5, 0.6) is 5.75 Å². The van der Waals surface area contributed by atoms with E-state index in [9.17, 15) is 19.5 Å². The summed E-state index contributed by atoms with van der Waals surface area (Å²) in [7, 11) is 1.80. The van der Waals surface area contributed by atoms with E-state index in [1.807, 2.05) is 91.5 Å². The molecule has 1 unspecified atom stereocenters. The Morgan fingerprint density at radius 3 is 1.92 bits per heavy atom. The van der Waals surface area contributed by atoms with E-state index in [0.29, 0.717) is 32.4 Å². The minimum absolute atomic E-state index is 0.0311. The first-order valence-electron chi connectivity index (χ1n) is 16.9. The van der Waals surface area contributed by atoms with Crippen molar-refractivity contribution in [1.29, 1.82) is 0 Å². The molecule has 49 heavy (non-hydrogen) atoms. The number of likely N-dealkylation sites (N-methyl/N-ethyl adjacent to an activating group) is 1. The smallest absolute Gasteiger partial charge is 0.240 e. The third kappa shape index (κ3) is 9.13. The van der Waals surface area contributed by atoms with Gasteiger partial charge in [-0.05, 0) is 91.2 Å². The number of nitrogens with one attached hydrogen (secondary N) is 3. The number of amides is 3. The highest BCUT2D eigenvalue weighted by Crippen LogP contribution is 2.26. The molecule has 1 aliphatic rings. The first kappa shape index (κ1) is 35.3. The number of aromatic hydroxyl groups is 1. The third-order valence-corrected chi connectivity index (χ3v) is 9.52. The number of aryl methyl sites for hydroxylation is 2. The Bertz CT molecular complexity index is 1720. The van der Waals surface area contributed by atoms with Gasteiger partial charge in [0.25, 0.3) is 0 Å². The second-order valence-electron chi connectivity index (χ2n) is 13.0. The first-order valence-corrected chi connectivity index (χ1v) is 16.9. The fraction of sp³-hybridized carbons (Fsp3) is 0.325. The van der Waals surface area contributed by atoms with E-state index < -0.39 is 24.0 Å². The van der Waals surface area contributed by atoms with Crippen molar-refractivity contribution >= 4 is 17.7 Å². The van der Waals surface area contributed by atoms with Crippen LogP contribution in [0.4, 0.5) is 0 Å². The summed E-state index contributed by atoms with van der Waals surface area (Å²) in [6, 6.07) is 28.5. The van der Waals surface area contributed by atoms with E-state index in [2.05, 4.69) is 28.1 Å². The van der Waals surface area contributed by atoms with Crippen LogP contribution in [-0.4, -0.2) is 65.5 Å². The number of carbonyl (C=O) groups is 3. The zero-order valence-electron chi connectivity index (χ0n) is 28.5. The molecule has 256 valence electrons. The molecular formula is C40H47N5O4. The molecule has 5 rings (SSSR count). The molecule has 4 atom stereocenters. The van der Waals surface area contributed by atoms with Crippen LogP contribution in [0.1, 0.15) is 38.9 Å². The Morgan fingerprint density at radius 2 is 1.35 bits per heavy atom. The maximum Gasteiger partial charge on any atom is 0.240 e. The molecule has 0 radical (unpaired) electrons. The molecule has 4 aromatic carbocycles. The summed E-state index contributed by atoms with van der Waals surface area (Å²) in [5.74, 6) is -0.754. The number of rotatable bonds is 14. The lowest BCUT2D eigenvalue weighted by Gasteiger charge is -2.40. The van der Waals surface area contributed by atoms with Gasteiger partial charge < -0.3 is 31.7 Å². The van der Waals surface area contributed by atoms with Crippen molar-refractivity contribution in [2.24, 2.45) is 5.73 Å². The molecule has 0 aliphatic carbocycles. The van der Waals surface area contributed by atoms with Gasteiger partial charge in [-0.15, -0.1) is 0 Å². The van der Waals surface area contributed by atoms with Crippen LogP contribution in [-0.2, 0) is 46.6 Å². The Morgan fingerprint density at radius 1 is 0.796 bits per heavy atom. The number of nitrogens with two attached hydrogens (primary N) is 1. The highest BCUT2D eigenvalue weighted by molar-refractivity contribution is 5.89. The molecular weight excluding hydrogens is 614 g/mol. The predicted octanol–water partition coefficient (Wildman–Crippen LogP) is 3.51. The second kappa shape index (κ2) is 16.4. The van der Waals surface area contributed by atoms with Gasteiger partial charge in [-0.3, -0.25) is 14.4 Å². The number of phenols is 1. The Balaban J connectivity index is 1.38. The summed E-state index contributed by atoms with van der Waals surface area (Å²) in [4.78, 5) is 42.6. The van der Waals surface area contributed by atoms with Gasteiger partial charge in [-0.2, -0.15) is 0 Å². The third-order valence-electron chi connectivity index (χ3n) is 9.52. The molecule has 0 saturated heterocycles. The predicted molar refractivity (Wildman–Crippen MR) is 192 cm³/mol. The van der Waals surface area contributed by atoms with Gasteiger partial charge >= 0.3 is 0 Å². The average Bonchev–Trinajstić information content (AvgIpc) is 3.09. The average molecular weight is 662 g/mol. The van der Waals surface area contributed by atoms with Crippen molar-refractivity contribution in [3.05, 3.63) is 136 Å². The van der Waals surface area contributed by atoms with Crippen molar-refractivity contribution in [2.45, 2.75) is 70.2 Å². The first-order chi connectivity index (χ1) is 23.6. The maximum absolute atomic E-state index is 14.4. The fourth-order valence-corrected chi connectivity index (χ4v) is 6.77. The quantitative estimate of drug-likeness (QED) is 0.140. The van der Waals surface area contributed by atoms with Crippen molar-refractivity contribution in [3.8, 4) is 5.75 Å². The lowest BCUT2D eigenvalue weighted by molar-refractivity contribution is -0.137. The zero-order valence-corrected chi connectivity index (χ0v) is 28.5. The van der Waals surface area contributed by atoms with E-state index in [4.69, 9.17) is 5.73 Å². The minimum Gasteiger partial charge on any atom is -0.508 e. The number of phenolic OH excluding ortho intramolecular Hbond substituents is 1. The monoisotopic (exact) mass is 661 g/mol. The van der Waals surface area contributed by atoms with Crippen molar-refractivity contribution in [2.75, 3.05) is 13.6 Å². The van der Waals surface area contributed by atoms with Gasteiger partial charge in [-0.1, -0.05) is 84.9 Å². The number of nitrogens with zero attached hydrogens (tertiary/aromatic N) is 1. The van der Waals surface area contributed by atoms with Gasteiger partial charge in [0, 0.05) is 25.6 Å². The van der Waals surface area contributed by atoms with E-state index in [1.165, 1.54) is 5.56 Å². The number of primary amides is 1. The van der Waals surface area contributed by atoms with Gasteiger partial charge in [0.15, 0.2) is 0 Å². The van der Waals surface area contributed by atoms with E-state index in [1.54, 1.807) is 19.2 Å². The number of hydrogen-bond acceptors (Lipinski definition) is 6. The Hall–Kier alpha value is -4.99. The van der Waals surface area contributed by atoms with E-state index in [-0.39, 0.29) is 30.0 Å². The molecule has 3 amide bonds. The lowest BCUT2D eigenvalue weighted by Crippen LogP contribution is -2.58. The van der Waals surface area contributed by atoms with Crippen LogP contribution in [0.15, 0.2) is 97.1 Å². The van der Waals surface area contributed by atoms with E-state index in [0.717, 1.165) is 33.4 Å². The molecule has 9 heteroatoms. The molecule has 0 saturated carbocycles. The molecule has 0 bridgehead atoms. The van der Waals surface area contributed by atoms with Gasteiger partial charge in [-0.25, -0.2) is 0 Å². The molecule has 0 fully saturated rings. The normalized spacial score (nSPS) is 15.9. The lowest BCUT2D eigenvalue weighted by atomic mass is 9.91. The van der Waals surface area contributed by atoms with Gasteiger partial charge in [0.2, 0.25) is 17.7 Å². The number of benzene rings is 4. The standard InChI is InChI=1S/C40H47N5O4/c1-26-18-33(46)19-27(2)34(26)23-37(42-3)40(49)45-25-31-17-11-10-16-30(31)22-32(45)24-43-36(21-29-14-8-5-9-15-29)39(48)44-35(38(41)47)20-28-12-6-4-7-13-28/h4-19,32,35-37,42-43,46H,20-25H2,1-3H3,(H2,41,47)(H,44,48)/t32?,35-,36-,37-/m0/s1. The minimum atomic E-state index is -0.877. The van der Waals surface area contributed by atoms with Crippen LogP contribution >= 0.6 is 0 Å². The summed E-state index contributed by atoms with van der Waals surface area (Å²) in [5.41, 5.74) is 12.8. The highest BCUT2D eigenvalue weighted by atomic mass is 16.3. The van der Waals surface area contributed by atoms with Crippen LogP contribution < -0.4 is 21.7 Å². The maximum atomic E-state index is 14.4. The summed E-state index contributed by atoms with van der Waals surface area (Å²) in [6.45, 7) is 4.70. The Kier molecular flexibility index (Phi) is 11.8. The van der Waals surface area contributed by atoms with Crippen LogP contribution in [0.2, 0.25) is 0 Å². The largest absolute Gasteiger partial charge is 0.508 e. The van der Waals surface area contributed by atoms with Crippen LogP contribution in [0, 0.1) is 13.8 Å². The zero-order chi connectivity index (χ0) is 34.9. The SMILES string of the molecule is CN[C@@H](Cc1c(C)cc(O)cc1C)C(=O)N1Cc2ccccc2CC1CN[C@@H](Cc1ccccc1)C(=O)N[C@@H](Cc1ccccc1)C(N)=O. The number of fused-ring (bicyclic) bond motifs is 1. The molecule has 1 aliphatic heterocycles. The van der Waals surface area contributed by atoms with Crippen LogP contribution in [0.25, 0.3) is 0 Å². The number of carbonyl (C=O) groups excluding carboxylic acids is 3. The summed E-state index contributed by atoms with van der Waals surface area (Å²) in [5, 5.41) is 19.7. The molecule has 4 aromatic rings. The fourth-order valence-electron chi connectivity index (χ4n) is 6.77. The van der Waals surface area contributed by atoms with Gasteiger partial charge in [0.1, 0.15) is 11.8 Å². The van der Waals surface area contributed by atoms with Crippen molar-refractivity contribution < 1.29 is 19.5 Å². The Labute approximate surface area is 288 Å². The topological polar surface area (TPSA) is 137 Å². The molecule has 9 nitrogen and oxygen atoms in total. The molecule has 0 aromatic heterocycles. The summed E-state index contributed by atoms with van der Waals surface area (Å²) < 4.78 is 0. The molecule has 6 N–H and O–H groups in total. The molecule has 1 heterocycles.